The van der Waals surface area contributed by atoms with E-state index in [1.165, 1.54) is 6.42 Å². The third-order valence-corrected chi connectivity index (χ3v) is 2.63. The van der Waals surface area contributed by atoms with Gasteiger partial charge in [-0.3, -0.25) is 0 Å². The van der Waals surface area contributed by atoms with E-state index in [4.69, 9.17) is 4.74 Å². The molecule has 0 saturated heterocycles. The topological polar surface area (TPSA) is 51.5 Å². The maximum atomic E-state index is 5.48. The molecule has 5 nitrogen and oxygen atoms in total. The highest BCUT2D eigenvalue weighted by Gasteiger charge is 2.00. The normalized spacial score (nSPS) is 10.9. The van der Waals surface area contributed by atoms with Crippen molar-refractivity contribution in [1.29, 1.82) is 0 Å². The number of ether oxygens (including phenoxy) is 1. The quantitative estimate of drug-likeness (QED) is 0.729. The lowest BCUT2D eigenvalue weighted by atomic mass is 10.4. The third-order valence-electron chi connectivity index (χ3n) is 2.63. The number of rotatable bonds is 8. The molecule has 0 aromatic carbocycles. The van der Waals surface area contributed by atoms with E-state index in [1.54, 1.807) is 4.52 Å². The average molecular weight is 248 g/mol. The van der Waals surface area contributed by atoms with Gasteiger partial charge in [0, 0.05) is 26.0 Å². The molecule has 0 saturated carbocycles. The molecule has 2 aromatic rings. The molecule has 0 bridgehead atoms. The first-order chi connectivity index (χ1) is 8.90. The Balaban J connectivity index is 1.67. The van der Waals surface area contributed by atoms with E-state index in [1.807, 2.05) is 24.4 Å². The SMILES string of the molecule is CCCCOCCCNc1nc2ccccn2n1. The van der Waals surface area contributed by atoms with Crippen LogP contribution in [-0.2, 0) is 4.74 Å². The van der Waals surface area contributed by atoms with E-state index in [9.17, 15) is 0 Å². The highest BCUT2D eigenvalue weighted by atomic mass is 16.5. The minimum Gasteiger partial charge on any atom is -0.381 e. The number of hydrogen-bond acceptors (Lipinski definition) is 4. The molecule has 5 heteroatoms. The molecule has 0 radical (unpaired) electrons. The van der Waals surface area contributed by atoms with Gasteiger partial charge < -0.3 is 10.1 Å². The van der Waals surface area contributed by atoms with Gasteiger partial charge in [0.25, 0.3) is 0 Å². The summed E-state index contributed by atoms with van der Waals surface area (Å²) in [5, 5.41) is 7.52. The Morgan fingerprint density at radius 2 is 2.17 bits per heavy atom. The van der Waals surface area contributed by atoms with Gasteiger partial charge in [-0.2, -0.15) is 4.98 Å². The lowest BCUT2D eigenvalue weighted by molar-refractivity contribution is 0.131. The Hall–Kier alpha value is -1.62. The number of pyridine rings is 1. The summed E-state index contributed by atoms with van der Waals surface area (Å²) in [5.41, 5.74) is 0.860. The molecule has 0 spiro atoms. The van der Waals surface area contributed by atoms with Crippen LogP contribution in [0.4, 0.5) is 5.95 Å². The van der Waals surface area contributed by atoms with Crippen molar-refractivity contribution in [2.24, 2.45) is 0 Å². The van der Waals surface area contributed by atoms with E-state index < -0.39 is 0 Å². The summed E-state index contributed by atoms with van der Waals surface area (Å²) >= 11 is 0. The second-order valence-corrected chi connectivity index (χ2v) is 4.19. The monoisotopic (exact) mass is 248 g/mol. The van der Waals surface area contributed by atoms with E-state index in [0.717, 1.165) is 38.2 Å². The van der Waals surface area contributed by atoms with Gasteiger partial charge in [-0.05, 0) is 25.0 Å². The van der Waals surface area contributed by atoms with Gasteiger partial charge in [0.15, 0.2) is 5.65 Å². The van der Waals surface area contributed by atoms with E-state index in [0.29, 0.717) is 5.95 Å². The largest absolute Gasteiger partial charge is 0.381 e. The van der Waals surface area contributed by atoms with Crippen LogP contribution in [0.1, 0.15) is 26.2 Å². The highest BCUT2D eigenvalue weighted by Crippen LogP contribution is 2.04. The average Bonchev–Trinajstić information content (AvgIpc) is 2.80. The van der Waals surface area contributed by atoms with Crippen LogP contribution in [0.15, 0.2) is 24.4 Å². The van der Waals surface area contributed by atoms with Gasteiger partial charge in [0.1, 0.15) is 0 Å². The summed E-state index contributed by atoms with van der Waals surface area (Å²) in [5.74, 6) is 0.676. The van der Waals surface area contributed by atoms with E-state index >= 15 is 0 Å². The van der Waals surface area contributed by atoms with Gasteiger partial charge in [-0.25, -0.2) is 4.52 Å². The summed E-state index contributed by atoms with van der Waals surface area (Å²) < 4.78 is 7.25. The summed E-state index contributed by atoms with van der Waals surface area (Å²) in [4.78, 5) is 4.36. The number of hydrogen-bond donors (Lipinski definition) is 1. The van der Waals surface area contributed by atoms with Gasteiger partial charge in [0.2, 0.25) is 5.95 Å². The number of unbranched alkanes of at least 4 members (excludes halogenated alkanes) is 1. The molecule has 1 N–H and O–H groups in total. The number of anilines is 1. The van der Waals surface area contributed by atoms with Crippen molar-refractivity contribution >= 4 is 11.6 Å². The van der Waals surface area contributed by atoms with Crippen molar-refractivity contribution in [3.63, 3.8) is 0 Å². The molecule has 18 heavy (non-hydrogen) atoms. The Morgan fingerprint density at radius 1 is 1.28 bits per heavy atom. The summed E-state index contributed by atoms with van der Waals surface area (Å²) in [6.07, 6.45) is 5.19. The predicted molar refractivity (Wildman–Crippen MR) is 71.8 cm³/mol. The van der Waals surface area contributed by atoms with Crippen molar-refractivity contribution in [3.8, 4) is 0 Å². The molecule has 0 amide bonds. The Labute approximate surface area is 107 Å². The third kappa shape index (κ3) is 3.70. The van der Waals surface area contributed by atoms with Crippen LogP contribution in [0.2, 0.25) is 0 Å². The second kappa shape index (κ2) is 6.96. The summed E-state index contributed by atoms with van der Waals surface area (Å²) in [7, 11) is 0. The Morgan fingerprint density at radius 3 is 3.00 bits per heavy atom. The molecule has 98 valence electrons. The van der Waals surface area contributed by atoms with Gasteiger partial charge in [0.05, 0.1) is 0 Å². The molecule has 0 aliphatic carbocycles. The van der Waals surface area contributed by atoms with Crippen molar-refractivity contribution in [3.05, 3.63) is 24.4 Å². The molecule has 0 aliphatic heterocycles. The van der Waals surface area contributed by atoms with Crippen molar-refractivity contribution < 1.29 is 4.74 Å². The first kappa shape index (κ1) is 12.8. The van der Waals surface area contributed by atoms with Crippen LogP contribution in [0.25, 0.3) is 5.65 Å². The maximum Gasteiger partial charge on any atom is 0.243 e. The Kier molecular flexibility index (Phi) is 4.96. The van der Waals surface area contributed by atoms with Crippen LogP contribution in [0.5, 0.6) is 0 Å². The number of aromatic nitrogens is 3. The van der Waals surface area contributed by atoms with Crippen LogP contribution in [0, 0.1) is 0 Å². The standard InChI is InChI=1S/C13H20N4O/c1-2-3-10-18-11-6-8-14-13-15-12-7-4-5-9-17(12)16-13/h4-5,7,9H,2-3,6,8,10-11H2,1H3,(H,14,16). The predicted octanol–water partition coefficient (Wildman–Crippen LogP) is 2.35. The first-order valence-electron chi connectivity index (χ1n) is 6.53. The molecule has 0 atom stereocenters. The smallest absolute Gasteiger partial charge is 0.243 e. The fourth-order valence-corrected chi connectivity index (χ4v) is 1.63. The maximum absolute atomic E-state index is 5.48. The molecule has 2 aromatic heterocycles. The van der Waals surface area contributed by atoms with Gasteiger partial charge in [-0.1, -0.05) is 19.4 Å². The lowest BCUT2D eigenvalue weighted by Crippen LogP contribution is -2.07. The minimum atomic E-state index is 0.676. The molecular weight excluding hydrogens is 228 g/mol. The van der Waals surface area contributed by atoms with Gasteiger partial charge >= 0.3 is 0 Å². The van der Waals surface area contributed by atoms with E-state index in [-0.39, 0.29) is 0 Å². The number of nitrogens with zero attached hydrogens (tertiary/aromatic N) is 3. The first-order valence-corrected chi connectivity index (χ1v) is 6.53. The molecule has 0 aliphatic rings. The van der Waals surface area contributed by atoms with Crippen molar-refractivity contribution in [2.75, 3.05) is 25.1 Å². The van der Waals surface area contributed by atoms with Gasteiger partial charge in [-0.15, -0.1) is 5.10 Å². The van der Waals surface area contributed by atoms with Crippen molar-refractivity contribution in [1.82, 2.24) is 14.6 Å². The molecule has 2 heterocycles. The number of nitrogens with one attached hydrogen (secondary N) is 1. The zero-order chi connectivity index (χ0) is 12.6. The lowest BCUT2D eigenvalue weighted by Gasteiger charge is -2.03. The molecule has 2 rings (SSSR count). The van der Waals surface area contributed by atoms with Crippen LogP contribution in [0.3, 0.4) is 0 Å². The molecule has 0 unspecified atom stereocenters. The zero-order valence-corrected chi connectivity index (χ0v) is 10.8. The summed E-state index contributed by atoms with van der Waals surface area (Å²) in [6, 6.07) is 5.83. The minimum absolute atomic E-state index is 0.676. The summed E-state index contributed by atoms with van der Waals surface area (Å²) in [6.45, 7) is 4.66. The highest BCUT2D eigenvalue weighted by molar-refractivity contribution is 5.42. The zero-order valence-electron chi connectivity index (χ0n) is 10.8. The second-order valence-electron chi connectivity index (χ2n) is 4.19. The van der Waals surface area contributed by atoms with Crippen LogP contribution in [-0.4, -0.2) is 34.4 Å². The van der Waals surface area contributed by atoms with Crippen molar-refractivity contribution in [2.45, 2.75) is 26.2 Å². The van der Waals surface area contributed by atoms with E-state index in [2.05, 4.69) is 22.3 Å². The molecular formula is C13H20N4O. The fraction of sp³-hybridized carbons (Fsp3) is 0.538. The number of fused-ring (bicyclic) bond motifs is 1. The van der Waals surface area contributed by atoms with Crippen LogP contribution >= 0.6 is 0 Å². The Bertz CT molecular complexity index is 436. The fourth-order valence-electron chi connectivity index (χ4n) is 1.63. The van der Waals surface area contributed by atoms with Crippen LogP contribution < -0.4 is 5.32 Å². The molecule has 0 fully saturated rings.